The monoisotopic (exact) mass is 262 g/mol. The maximum Gasteiger partial charge on any atom is 0.335 e. The van der Waals surface area contributed by atoms with Crippen LogP contribution < -0.4 is 10.2 Å². The molecule has 0 unspecified atom stereocenters. The number of carboxylic acid groups (broad SMARTS) is 1. The minimum absolute atomic E-state index is 0.0453. The second-order valence-electron chi connectivity index (χ2n) is 5.66. The Kier molecular flexibility index (Phi) is 3.22. The molecule has 102 valence electrons. The van der Waals surface area contributed by atoms with Crippen LogP contribution in [0.4, 0.5) is 11.4 Å². The lowest BCUT2D eigenvalue weighted by molar-refractivity contribution is -0.116. The smallest absolute Gasteiger partial charge is 0.335 e. The molecule has 0 bridgehead atoms. The maximum absolute atomic E-state index is 11.7. The highest BCUT2D eigenvalue weighted by Crippen LogP contribution is 2.34. The summed E-state index contributed by atoms with van der Waals surface area (Å²) in [6, 6.07) is 4.78. The van der Waals surface area contributed by atoms with Crippen LogP contribution in [0.25, 0.3) is 0 Å². The van der Waals surface area contributed by atoms with Crippen molar-refractivity contribution in [3.8, 4) is 0 Å². The van der Waals surface area contributed by atoms with Gasteiger partial charge in [-0.2, -0.15) is 0 Å². The van der Waals surface area contributed by atoms with Crippen molar-refractivity contribution in [2.24, 2.45) is 0 Å². The van der Waals surface area contributed by atoms with E-state index in [0.29, 0.717) is 18.7 Å². The van der Waals surface area contributed by atoms with Crippen LogP contribution in [0.3, 0.4) is 0 Å². The molecule has 0 aromatic heterocycles. The number of hydrogen-bond donors (Lipinski definition) is 2. The SMILES string of the molecule is CC(C)(C)N1CCC(=O)Nc2ccc(C(=O)O)cc21. The van der Waals surface area contributed by atoms with Crippen LogP contribution in [0.15, 0.2) is 18.2 Å². The average molecular weight is 262 g/mol. The van der Waals surface area contributed by atoms with E-state index >= 15 is 0 Å². The van der Waals surface area contributed by atoms with Crippen LogP contribution in [-0.4, -0.2) is 29.1 Å². The number of aromatic carboxylic acids is 1. The molecule has 1 aliphatic heterocycles. The molecule has 2 N–H and O–H groups in total. The van der Waals surface area contributed by atoms with E-state index in [2.05, 4.69) is 10.2 Å². The molecule has 1 aromatic rings. The molecule has 0 atom stereocenters. The molecule has 2 rings (SSSR count). The zero-order valence-corrected chi connectivity index (χ0v) is 11.4. The Hall–Kier alpha value is -2.04. The summed E-state index contributed by atoms with van der Waals surface area (Å²) < 4.78 is 0. The van der Waals surface area contributed by atoms with Gasteiger partial charge in [0.2, 0.25) is 5.91 Å². The summed E-state index contributed by atoms with van der Waals surface area (Å²) in [6.07, 6.45) is 0.397. The Bertz CT molecular complexity index is 532. The molecule has 5 heteroatoms. The van der Waals surface area contributed by atoms with Gasteiger partial charge in [0.1, 0.15) is 0 Å². The number of carbonyl (C=O) groups excluding carboxylic acids is 1. The first-order chi connectivity index (χ1) is 8.79. The molecule has 19 heavy (non-hydrogen) atoms. The lowest BCUT2D eigenvalue weighted by Gasteiger charge is -2.37. The van der Waals surface area contributed by atoms with Gasteiger partial charge in [0.05, 0.1) is 16.9 Å². The number of benzene rings is 1. The van der Waals surface area contributed by atoms with Crippen LogP contribution in [0.1, 0.15) is 37.6 Å². The highest BCUT2D eigenvalue weighted by atomic mass is 16.4. The van der Waals surface area contributed by atoms with Crippen molar-refractivity contribution in [3.05, 3.63) is 23.8 Å². The minimum Gasteiger partial charge on any atom is -0.478 e. The molecule has 5 nitrogen and oxygen atoms in total. The fraction of sp³-hybridized carbons (Fsp3) is 0.429. The molecule has 1 aliphatic rings. The molecule has 0 saturated heterocycles. The fourth-order valence-corrected chi connectivity index (χ4v) is 2.24. The van der Waals surface area contributed by atoms with Gasteiger partial charge in [-0.15, -0.1) is 0 Å². The Labute approximate surface area is 112 Å². The van der Waals surface area contributed by atoms with Crippen molar-refractivity contribution in [1.82, 2.24) is 0 Å². The Morgan fingerprint density at radius 2 is 2.05 bits per heavy atom. The van der Waals surface area contributed by atoms with Gasteiger partial charge in [-0.1, -0.05) is 0 Å². The van der Waals surface area contributed by atoms with Crippen molar-refractivity contribution in [1.29, 1.82) is 0 Å². The summed E-state index contributed by atoms with van der Waals surface area (Å²) in [5, 5.41) is 11.9. The number of rotatable bonds is 1. The number of nitrogens with one attached hydrogen (secondary N) is 1. The third-order valence-corrected chi connectivity index (χ3v) is 3.18. The summed E-state index contributed by atoms with van der Waals surface area (Å²) >= 11 is 0. The van der Waals surface area contributed by atoms with Crippen molar-refractivity contribution in [3.63, 3.8) is 0 Å². The van der Waals surface area contributed by atoms with Crippen LogP contribution in [0.2, 0.25) is 0 Å². The van der Waals surface area contributed by atoms with E-state index in [1.165, 1.54) is 6.07 Å². The molecule has 1 amide bonds. The summed E-state index contributed by atoms with van der Waals surface area (Å²) in [4.78, 5) is 24.8. The first-order valence-corrected chi connectivity index (χ1v) is 6.24. The number of anilines is 2. The van der Waals surface area contributed by atoms with E-state index in [0.717, 1.165) is 5.69 Å². The third kappa shape index (κ3) is 2.70. The maximum atomic E-state index is 11.7. The van der Waals surface area contributed by atoms with E-state index in [9.17, 15) is 9.59 Å². The molecular weight excluding hydrogens is 244 g/mol. The lowest BCUT2D eigenvalue weighted by Crippen LogP contribution is -2.42. The molecule has 0 saturated carbocycles. The first kappa shape index (κ1) is 13.4. The van der Waals surface area contributed by atoms with Crippen molar-refractivity contribution in [2.45, 2.75) is 32.7 Å². The summed E-state index contributed by atoms with van der Waals surface area (Å²) in [6.45, 7) is 6.70. The second-order valence-corrected chi connectivity index (χ2v) is 5.66. The van der Waals surface area contributed by atoms with Gasteiger partial charge in [0, 0.05) is 18.5 Å². The predicted molar refractivity (Wildman–Crippen MR) is 73.7 cm³/mol. The van der Waals surface area contributed by atoms with Gasteiger partial charge in [-0.3, -0.25) is 4.79 Å². The highest BCUT2D eigenvalue weighted by molar-refractivity contribution is 5.98. The van der Waals surface area contributed by atoms with Crippen molar-refractivity contribution >= 4 is 23.3 Å². The molecule has 0 fully saturated rings. The Morgan fingerprint density at radius 1 is 1.37 bits per heavy atom. The molecule has 1 heterocycles. The van der Waals surface area contributed by atoms with Gasteiger partial charge in [-0.05, 0) is 39.0 Å². The zero-order valence-electron chi connectivity index (χ0n) is 11.4. The second kappa shape index (κ2) is 4.57. The summed E-state index contributed by atoms with van der Waals surface area (Å²) in [5.41, 5.74) is 1.47. The number of carbonyl (C=O) groups is 2. The minimum atomic E-state index is -0.966. The molecular formula is C14H18N2O3. The molecule has 0 aliphatic carbocycles. The van der Waals surface area contributed by atoms with E-state index in [4.69, 9.17) is 5.11 Å². The van der Waals surface area contributed by atoms with Gasteiger partial charge < -0.3 is 15.3 Å². The number of fused-ring (bicyclic) bond motifs is 1. The lowest BCUT2D eigenvalue weighted by atomic mass is 10.0. The third-order valence-electron chi connectivity index (χ3n) is 3.18. The van der Waals surface area contributed by atoms with Crippen LogP contribution in [-0.2, 0) is 4.79 Å². The average Bonchev–Trinajstić information content (AvgIpc) is 2.45. The van der Waals surface area contributed by atoms with Crippen LogP contribution >= 0.6 is 0 Å². The fourth-order valence-electron chi connectivity index (χ4n) is 2.24. The standard InChI is InChI=1S/C14H18N2O3/c1-14(2,3)16-7-6-12(17)15-10-5-4-9(13(18)19)8-11(10)16/h4-5,8H,6-7H2,1-3H3,(H,15,17)(H,18,19). The molecule has 1 aromatic carbocycles. The number of nitrogens with zero attached hydrogens (tertiary/aromatic N) is 1. The Morgan fingerprint density at radius 3 is 2.63 bits per heavy atom. The van der Waals surface area contributed by atoms with E-state index < -0.39 is 5.97 Å². The zero-order chi connectivity index (χ0) is 14.2. The van der Waals surface area contributed by atoms with Gasteiger partial charge >= 0.3 is 5.97 Å². The van der Waals surface area contributed by atoms with E-state index in [-0.39, 0.29) is 17.0 Å². The van der Waals surface area contributed by atoms with E-state index in [1.807, 2.05) is 20.8 Å². The van der Waals surface area contributed by atoms with E-state index in [1.54, 1.807) is 12.1 Å². The topological polar surface area (TPSA) is 69.6 Å². The summed E-state index contributed by atoms with van der Waals surface area (Å²) in [7, 11) is 0. The quantitative estimate of drug-likeness (QED) is 0.815. The van der Waals surface area contributed by atoms with Gasteiger partial charge in [0.25, 0.3) is 0 Å². The number of amides is 1. The van der Waals surface area contributed by atoms with Gasteiger partial charge in [0.15, 0.2) is 0 Å². The van der Waals surface area contributed by atoms with Crippen molar-refractivity contribution < 1.29 is 14.7 Å². The number of hydrogen-bond acceptors (Lipinski definition) is 3. The molecule has 0 spiro atoms. The first-order valence-electron chi connectivity index (χ1n) is 6.24. The predicted octanol–water partition coefficient (Wildman–Crippen LogP) is 2.33. The van der Waals surface area contributed by atoms with Crippen LogP contribution in [0.5, 0.6) is 0 Å². The molecule has 0 radical (unpaired) electrons. The largest absolute Gasteiger partial charge is 0.478 e. The summed E-state index contributed by atoms with van der Waals surface area (Å²) in [5.74, 6) is -1.01. The highest BCUT2D eigenvalue weighted by Gasteiger charge is 2.28. The van der Waals surface area contributed by atoms with Crippen molar-refractivity contribution in [2.75, 3.05) is 16.8 Å². The van der Waals surface area contributed by atoms with Gasteiger partial charge in [-0.25, -0.2) is 4.79 Å². The Balaban J connectivity index is 2.55. The number of carboxylic acids is 1. The van der Waals surface area contributed by atoms with Crippen LogP contribution in [0, 0.1) is 0 Å². The normalized spacial score (nSPS) is 15.5.